The van der Waals surface area contributed by atoms with E-state index in [-0.39, 0.29) is 33.4 Å². The third kappa shape index (κ3) is 5.46. The van der Waals surface area contributed by atoms with Crippen LogP contribution in [0.2, 0.25) is 0 Å². The van der Waals surface area contributed by atoms with Crippen LogP contribution in [0.3, 0.4) is 0 Å². The van der Waals surface area contributed by atoms with Crippen molar-refractivity contribution in [1.29, 1.82) is 0 Å². The maximum atomic E-state index is 13.5. The molecule has 2 aliphatic rings. The summed E-state index contributed by atoms with van der Waals surface area (Å²) >= 11 is 1.62. The molecule has 0 unspecified atom stereocenters. The zero-order valence-corrected chi connectivity index (χ0v) is 31.3. The van der Waals surface area contributed by atoms with Gasteiger partial charge in [0.1, 0.15) is 5.82 Å². The molecule has 0 saturated heterocycles. The number of ketones is 2. The van der Waals surface area contributed by atoms with E-state index < -0.39 is 0 Å². The normalized spacial score (nSPS) is 14.9. The van der Waals surface area contributed by atoms with Crippen LogP contribution in [0.1, 0.15) is 103 Å². The smallest absolute Gasteiger partial charge is 0.197 e. The molecule has 0 amide bonds. The Kier molecular flexibility index (Phi) is 7.41. The second-order valence-electron chi connectivity index (χ2n) is 16.5. The summed E-state index contributed by atoms with van der Waals surface area (Å²) in [5.41, 5.74) is 8.89. The number of rotatable bonds is 4. The van der Waals surface area contributed by atoms with Crippen molar-refractivity contribution in [3.8, 4) is 10.4 Å². The van der Waals surface area contributed by atoms with E-state index in [1.54, 1.807) is 17.4 Å². The van der Waals surface area contributed by atoms with Gasteiger partial charge in [-0.2, -0.15) is 0 Å². The fourth-order valence-corrected chi connectivity index (χ4v) is 8.71. The van der Waals surface area contributed by atoms with E-state index in [2.05, 4.69) is 127 Å². The number of allylic oxidation sites excluding steroid dienone is 1. The number of carbonyl (C=O) groups is 2. The number of fused-ring (bicyclic) bond motifs is 5. The molecule has 0 N–H and O–H groups in total. The monoisotopic (exact) mass is 686 g/mol. The molecule has 8 rings (SSSR count). The van der Waals surface area contributed by atoms with Gasteiger partial charge in [-0.15, -0.1) is 11.3 Å². The largest absolute Gasteiger partial charge is 0.295 e. The van der Waals surface area contributed by atoms with Crippen LogP contribution in [0, 0.1) is 0 Å². The zero-order valence-electron chi connectivity index (χ0n) is 30.5. The summed E-state index contributed by atoms with van der Waals surface area (Å²) in [4.78, 5) is 36.7. The lowest BCUT2D eigenvalue weighted by molar-refractivity contribution is 0.0990. The molecule has 2 aromatic heterocycles. The predicted molar refractivity (Wildman–Crippen MR) is 212 cm³/mol. The van der Waals surface area contributed by atoms with E-state index in [1.807, 2.05) is 36.4 Å². The predicted octanol–water partition coefficient (Wildman–Crippen LogP) is 12.1. The molecule has 254 valence electrons. The van der Waals surface area contributed by atoms with Gasteiger partial charge in [-0.05, 0) is 99.0 Å². The van der Waals surface area contributed by atoms with Crippen molar-refractivity contribution in [2.75, 3.05) is 4.90 Å². The molecule has 0 bridgehead atoms. The lowest BCUT2D eigenvalue weighted by Crippen LogP contribution is -2.19. The van der Waals surface area contributed by atoms with Crippen LogP contribution < -0.4 is 4.90 Å². The van der Waals surface area contributed by atoms with Crippen molar-refractivity contribution in [1.82, 2.24) is 4.98 Å². The lowest BCUT2D eigenvalue weighted by atomic mass is 9.86. The van der Waals surface area contributed by atoms with Crippen molar-refractivity contribution in [3.05, 3.63) is 147 Å². The maximum absolute atomic E-state index is 13.5. The van der Waals surface area contributed by atoms with E-state index in [1.165, 1.54) is 11.1 Å². The summed E-state index contributed by atoms with van der Waals surface area (Å²) < 4.78 is 0. The highest BCUT2D eigenvalue weighted by molar-refractivity contribution is 7.16. The number of Topliss-reactive ketones (excluding diaryl/α,β-unsaturated/α-hetero) is 2. The SMILES string of the molecule is CC(C)(C)c1ccc(N(c2ccc(C(C)(C)C)cc2)c2ccc3c(n2)C(C)(C)c2cc(C=C4C(=O)c5cc6ccccc6cc5C4=O)sc2-3)cc1. The molecule has 2 heterocycles. The summed E-state index contributed by atoms with van der Waals surface area (Å²) in [6.07, 6.45) is 1.79. The van der Waals surface area contributed by atoms with Gasteiger partial charge in [-0.1, -0.05) is 104 Å². The molecule has 0 radical (unpaired) electrons. The van der Waals surface area contributed by atoms with Gasteiger partial charge in [0.2, 0.25) is 0 Å². The number of carbonyl (C=O) groups excluding carboxylic acids is 2. The van der Waals surface area contributed by atoms with Crippen LogP contribution >= 0.6 is 11.3 Å². The number of nitrogens with zero attached hydrogens (tertiary/aromatic N) is 2. The highest BCUT2D eigenvalue weighted by atomic mass is 32.1. The third-order valence-electron chi connectivity index (χ3n) is 10.5. The zero-order chi connectivity index (χ0) is 36.0. The number of hydrogen-bond donors (Lipinski definition) is 0. The van der Waals surface area contributed by atoms with Crippen LogP contribution in [0.4, 0.5) is 17.2 Å². The van der Waals surface area contributed by atoms with Crippen LogP contribution in [0.5, 0.6) is 0 Å². The van der Waals surface area contributed by atoms with Gasteiger partial charge >= 0.3 is 0 Å². The van der Waals surface area contributed by atoms with Gasteiger partial charge in [-0.25, -0.2) is 4.98 Å². The van der Waals surface area contributed by atoms with Gasteiger partial charge in [-0.3, -0.25) is 14.5 Å². The minimum Gasteiger partial charge on any atom is -0.295 e. The molecule has 0 saturated carbocycles. The van der Waals surface area contributed by atoms with E-state index in [0.717, 1.165) is 54.5 Å². The first-order valence-corrected chi connectivity index (χ1v) is 18.4. The molecule has 4 nitrogen and oxygen atoms in total. The summed E-state index contributed by atoms with van der Waals surface area (Å²) in [5.74, 6) is 0.455. The van der Waals surface area contributed by atoms with Crippen LogP contribution in [0.15, 0.2) is 109 Å². The van der Waals surface area contributed by atoms with Gasteiger partial charge in [0.25, 0.3) is 0 Å². The first kappa shape index (κ1) is 33.0. The third-order valence-corrected chi connectivity index (χ3v) is 11.6. The summed E-state index contributed by atoms with van der Waals surface area (Å²) in [5, 5.41) is 1.92. The quantitative estimate of drug-likeness (QED) is 0.137. The molecule has 51 heavy (non-hydrogen) atoms. The average Bonchev–Trinajstić information content (AvgIpc) is 3.69. The van der Waals surface area contributed by atoms with Crippen molar-refractivity contribution >= 4 is 56.9 Å². The number of pyridine rings is 1. The average molecular weight is 687 g/mol. The van der Waals surface area contributed by atoms with Gasteiger partial charge in [0, 0.05) is 43.2 Å². The number of aromatic nitrogens is 1. The van der Waals surface area contributed by atoms with Crippen molar-refractivity contribution in [3.63, 3.8) is 0 Å². The molecule has 4 aromatic carbocycles. The minimum absolute atomic E-state index is 0.0523. The highest BCUT2D eigenvalue weighted by Gasteiger charge is 2.40. The molecule has 0 spiro atoms. The molecule has 5 heteroatoms. The molecular weight excluding hydrogens is 645 g/mol. The van der Waals surface area contributed by atoms with Crippen molar-refractivity contribution < 1.29 is 9.59 Å². The summed E-state index contributed by atoms with van der Waals surface area (Å²) in [6.45, 7) is 17.8. The van der Waals surface area contributed by atoms with Gasteiger partial charge in [0.05, 0.1) is 11.3 Å². The summed E-state index contributed by atoms with van der Waals surface area (Å²) in [6, 6.07) is 35.7. The number of anilines is 3. The fourth-order valence-electron chi connectivity index (χ4n) is 7.42. The molecular formula is C46H42N2O2S. The number of thiophene rings is 1. The van der Waals surface area contributed by atoms with E-state index in [9.17, 15) is 9.59 Å². The standard InChI is InChI=1S/C46H42N2O2S/c1-44(2,3)29-13-17-31(18-14-29)48(32-19-15-30(16-20-32)45(4,5)6)39-22-21-34-42-38(46(7,8)43(34)47-39)26-33(51-42)25-37-40(49)35-23-27-11-9-10-12-28(27)24-36(35)41(37)50/h9-26H,1-8H3. The highest BCUT2D eigenvalue weighted by Crippen LogP contribution is 2.53. The van der Waals surface area contributed by atoms with Gasteiger partial charge in [0.15, 0.2) is 11.6 Å². The van der Waals surface area contributed by atoms with E-state index >= 15 is 0 Å². The van der Waals surface area contributed by atoms with Crippen LogP contribution in [-0.4, -0.2) is 16.6 Å². The molecule has 0 atom stereocenters. The molecule has 0 aliphatic heterocycles. The van der Waals surface area contributed by atoms with E-state index in [0.29, 0.717) is 11.1 Å². The lowest BCUT2D eigenvalue weighted by Gasteiger charge is -2.28. The number of benzene rings is 4. The Morgan fingerprint density at radius 2 is 1.16 bits per heavy atom. The summed E-state index contributed by atoms with van der Waals surface area (Å²) in [7, 11) is 0. The Hall–Kier alpha value is -5.13. The Labute approximate surface area is 304 Å². The van der Waals surface area contributed by atoms with Crippen molar-refractivity contribution in [2.24, 2.45) is 0 Å². The first-order valence-electron chi connectivity index (χ1n) is 17.6. The maximum Gasteiger partial charge on any atom is 0.197 e. The van der Waals surface area contributed by atoms with E-state index in [4.69, 9.17) is 4.98 Å². The Morgan fingerprint density at radius 3 is 1.65 bits per heavy atom. The van der Waals surface area contributed by atoms with Crippen molar-refractivity contribution in [2.45, 2.75) is 71.6 Å². The van der Waals surface area contributed by atoms with Crippen LogP contribution in [0.25, 0.3) is 27.3 Å². The molecule has 6 aromatic rings. The second kappa shape index (κ2) is 11.4. The number of hydrogen-bond acceptors (Lipinski definition) is 5. The molecule has 0 fully saturated rings. The Morgan fingerprint density at radius 1 is 0.647 bits per heavy atom. The second-order valence-corrected chi connectivity index (χ2v) is 17.6. The Bertz CT molecular complexity index is 2320. The van der Waals surface area contributed by atoms with Gasteiger partial charge < -0.3 is 0 Å². The van der Waals surface area contributed by atoms with Crippen LogP contribution in [-0.2, 0) is 16.2 Å². The minimum atomic E-state index is -0.379. The first-order chi connectivity index (χ1) is 24.1. The Balaban J connectivity index is 1.18. The fraction of sp³-hybridized carbons (Fsp3) is 0.239. The topological polar surface area (TPSA) is 50.3 Å². The molecule has 2 aliphatic carbocycles.